The van der Waals surface area contributed by atoms with Crippen LogP contribution >= 0.6 is 0 Å². The van der Waals surface area contributed by atoms with E-state index in [9.17, 15) is 107 Å². The van der Waals surface area contributed by atoms with Crippen LogP contribution in [-0.4, -0.2) is 368 Å². The Hall–Kier alpha value is -0.361. The summed E-state index contributed by atoms with van der Waals surface area (Å²) in [6.07, 6.45) is -70.2. The molecule has 0 spiro atoms. The van der Waals surface area contributed by atoms with Crippen LogP contribution in [0.25, 0.3) is 0 Å². The van der Waals surface area contributed by atoms with Gasteiger partial charge < -0.3 is 174 Å². The Morgan fingerprint density at radius 1 is 0.165 bits per heavy atom. The molecule has 0 aromatic rings. The number of hydrogen-bond donors (Lipinski definition) is 21. The van der Waals surface area contributed by atoms with Gasteiger partial charge in [-0.05, 0) is 0 Å². The Balaban J connectivity index is 0.00000504. The molecule has 21 rings (SSSR count). The summed E-state index contributed by atoms with van der Waals surface area (Å²) in [7, 11) is 0. The van der Waals surface area contributed by atoms with Gasteiger partial charge in [-0.25, -0.2) is 0 Å². The van der Waals surface area contributed by atoms with Gasteiger partial charge in [-0.1, -0.05) is 0 Å². The minimum atomic E-state index is -2.21. The first-order valence-corrected chi connectivity index (χ1v) is 24.6. The molecule has 21 fully saturated rings. The van der Waals surface area contributed by atoms with Gasteiger partial charge in [-0.15, -0.1) is 0 Å². The van der Waals surface area contributed by atoms with Crippen LogP contribution in [0, 0.1) is 0 Å². The third kappa shape index (κ3) is 13.5. The molecule has 2 radical (unpaired) electrons. The Kier molecular flexibility index (Phi) is 24.8. The second-order valence-corrected chi connectivity index (χ2v) is 19.7. The molecular formula is C42H70Cu2O35. The molecule has 21 aliphatic heterocycles. The van der Waals surface area contributed by atoms with Crippen LogP contribution in [0.5, 0.6) is 0 Å². The smallest absolute Gasteiger partial charge is 0.187 e. The van der Waals surface area contributed by atoms with Gasteiger partial charge in [0.1, 0.15) is 171 Å². The average molecular weight is 1260 g/mol. The van der Waals surface area contributed by atoms with Crippen LogP contribution in [0.4, 0.5) is 0 Å². The molecule has 0 amide bonds. The largest absolute Gasteiger partial charge is 0.394 e. The second kappa shape index (κ2) is 28.9. The van der Waals surface area contributed by atoms with Crippen LogP contribution in [0.2, 0.25) is 0 Å². The van der Waals surface area contributed by atoms with Gasteiger partial charge in [0.2, 0.25) is 0 Å². The van der Waals surface area contributed by atoms with Crippen molar-refractivity contribution in [3.8, 4) is 0 Å². The summed E-state index contributed by atoms with van der Waals surface area (Å²) in [5, 5.41) is 230. The molecule has 0 aromatic carbocycles. The maximum Gasteiger partial charge on any atom is 0.187 e. The Labute approximate surface area is 467 Å². The van der Waals surface area contributed by atoms with Gasteiger partial charge in [0, 0.05) is 34.1 Å². The van der Waals surface area contributed by atoms with Crippen molar-refractivity contribution in [1.82, 2.24) is 0 Å². The summed E-state index contributed by atoms with van der Waals surface area (Å²) in [6.45, 7) is -7.33. The molecule has 0 saturated carbocycles. The van der Waals surface area contributed by atoms with Gasteiger partial charge in [0.25, 0.3) is 0 Å². The van der Waals surface area contributed by atoms with Crippen LogP contribution in [0.3, 0.4) is 0 Å². The van der Waals surface area contributed by atoms with Crippen LogP contribution in [0.15, 0.2) is 0 Å². The van der Waals surface area contributed by atoms with Crippen LogP contribution in [0.1, 0.15) is 0 Å². The monoisotopic (exact) mass is 1260 g/mol. The summed E-state index contributed by atoms with van der Waals surface area (Å²) in [6, 6.07) is 0. The first-order chi connectivity index (χ1) is 36.7. The molecular weight excluding hydrogens is 1190 g/mol. The maximum atomic E-state index is 11.3. The van der Waals surface area contributed by atoms with Gasteiger partial charge in [-0.2, -0.15) is 0 Å². The van der Waals surface area contributed by atoms with Crippen molar-refractivity contribution >= 4 is 0 Å². The molecule has 470 valence electrons. The van der Waals surface area contributed by atoms with E-state index in [-0.39, 0.29) is 34.1 Å². The first-order valence-electron chi connectivity index (χ1n) is 24.6. The number of ether oxygens (including phenoxy) is 14. The van der Waals surface area contributed by atoms with E-state index in [1.54, 1.807) is 0 Å². The number of aliphatic hydroxyl groups excluding tert-OH is 21. The van der Waals surface area contributed by atoms with Crippen molar-refractivity contribution in [3.05, 3.63) is 0 Å². The summed E-state index contributed by atoms with van der Waals surface area (Å²) in [4.78, 5) is 0. The quantitative estimate of drug-likeness (QED) is 0.105. The van der Waals surface area contributed by atoms with Gasteiger partial charge in [0.05, 0.1) is 46.2 Å². The number of rotatable bonds is 7. The van der Waals surface area contributed by atoms with Gasteiger partial charge in [0.15, 0.2) is 44.0 Å². The fourth-order valence-corrected chi connectivity index (χ4v) is 10.4. The van der Waals surface area contributed by atoms with Crippen molar-refractivity contribution in [2.45, 2.75) is 215 Å². The third-order valence-corrected chi connectivity index (χ3v) is 14.8. The first kappa shape index (κ1) is 67.8. The normalized spacial score (nSPS) is 54.0. The molecule has 21 N–H and O–H groups in total. The Bertz CT molecular complexity index is 1480. The van der Waals surface area contributed by atoms with Crippen molar-refractivity contribution in [2.75, 3.05) is 46.2 Å². The van der Waals surface area contributed by atoms with E-state index in [4.69, 9.17) is 66.3 Å². The minimum absolute atomic E-state index is 0. The van der Waals surface area contributed by atoms with E-state index < -0.39 is 261 Å². The topological polar surface area (TPSA) is 554 Å². The fraction of sp³-hybridized carbons (Fsp3) is 1.00. The molecule has 35 atom stereocenters. The van der Waals surface area contributed by atoms with Crippen molar-refractivity contribution in [1.29, 1.82) is 0 Å². The third-order valence-electron chi connectivity index (χ3n) is 14.8. The van der Waals surface area contributed by atoms with E-state index >= 15 is 0 Å². The fourth-order valence-electron chi connectivity index (χ4n) is 10.4. The molecule has 0 aliphatic carbocycles. The average Bonchev–Trinajstić information content (AvgIpc) is 3.51. The number of hydrogen-bond acceptors (Lipinski definition) is 35. The Morgan fingerprint density at radius 3 is 0.354 bits per heavy atom. The van der Waals surface area contributed by atoms with E-state index in [0.717, 1.165) is 0 Å². The van der Waals surface area contributed by atoms with E-state index in [0.29, 0.717) is 0 Å². The van der Waals surface area contributed by atoms with E-state index in [2.05, 4.69) is 0 Å². The molecule has 0 unspecified atom stereocenters. The Morgan fingerprint density at radius 2 is 0.266 bits per heavy atom. The van der Waals surface area contributed by atoms with Gasteiger partial charge >= 0.3 is 0 Å². The van der Waals surface area contributed by atoms with E-state index in [1.807, 2.05) is 0 Å². The summed E-state index contributed by atoms with van der Waals surface area (Å²) < 4.78 is 79.5. The minimum Gasteiger partial charge on any atom is -0.394 e. The second-order valence-electron chi connectivity index (χ2n) is 19.7. The molecule has 21 aliphatic rings. The van der Waals surface area contributed by atoms with Crippen molar-refractivity contribution < 1.29 is 208 Å². The zero-order valence-electron chi connectivity index (χ0n) is 40.9. The predicted octanol–water partition coefficient (Wildman–Crippen LogP) is -15.2. The summed E-state index contributed by atoms with van der Waals surface area (Å²) in [5.74, 6) is 0. The molecule has 0 aromatic heterocycles. The molecule has 14 bridgehead atoms. The molecule has 79 heavy (non-hydrogen) atoms. The zero-order chi connectivity index (χ0) is 56.1. The zero-order valence-corrected chi connectivity index (χ0v) is 42.8. The predicted molar refractivity (Wildman–Crippen MR) is 228 cm³/mol. The van der Waals surface area contributed by atoms with Crippen molar-refractivity contribution in [3.63, 3.8) is 0 Å². The SMILES string of the molecule is OC[C@H]1O[C@@H]2O[C@H]3[C@H](O)[C@@H](O)[C@@H](O[C@H]4[C@H](O)[C@@H](O)[C@@H](O[C@H]5[C@H](O)[C@@H](O)[C@@H](O[C@H]6[C@H](O)[C@@H](O)[C@@H](O[C@H]7[C@H](O)[C@@H](O)[C@@H](O[C@H]8[C@H](O)[C@@H](O)[C@@H](O[C@H]1[C@H](O)[C@H]2O)O[C@@H]8CO)O[C@@H]7CO)O[C@@H]6CO)O[C@@H]5CO)O[C@@H]4CO)O[C@@H]3CO.[Cu].[Cu]. The molecule has 21 heterocycles. The van der Waals surface area contributed by atoms with Crippen LogP contribution < -0.4 is 0 Å². The molecule has 35 nitrogen and oxygen atoms in total. The number of aliphatic hydroxyl groups is 21. The maximum absolute atomic E-state index is 11.3. The summed E-state index contributed by atoms with van der Waals surface area (Å²) >= 11 is 0. The van der Waals surface area contributed by atoms with Crippen molar-refractivity contribution in [2.24, 2.45) is 0 Å². The van der Waals surface area contributed by atoms with Crippen LogP contribution in [-0.2, 0) is 100 Å². The molecule has 37 heteroatoms. The van der Waals surface area contributed by atoms with E-state index in [1.165, 1.54) is 0 Å². The van der Waals surface area contributed by atoms with Gasteiger partial charge in [-0.3, -0.25) is 0 Å². The molecule has 21 saturated heterocycles. The standard InChI is InChI=1S/C42H70O35.2Cu/c43-1-8-29-15(50)22(57)36(64-8)72-30-9(2-44)66-38(24(59)17(30)52)74-32-11(4-46)68-40(26(61)19(32)54)76-34-13(6-48)70-42(28(63)21(34)56)77-35-14(7-49)69-41(27(62)20(35)55)75-33-12(5-47)67-39(25(60)18(33)53)73-31-10(3-45)65-37(71-29)23(58)16(31)51;;/h8-63H,1-7H2;;/t8-,9-,10-,11-,12-,13-,14-,15-,16-,17-,18-,19-,20-,21-,22-,23-,24-,25-,26-,27-,28-,29-,30-,31-,32-,33-,34-,35-,36-,37-,38-,39-,40-,41-,42-;;/m1../s1. The summed E-state index contributed by atoms with van der Waals surface area (Å²) in [5.41, 5.74) is 0.